The molecular formula is C16H20N4O4. The fraction of sp³-hybridized carbons (Fsp3) is 0.500. The summed E-state index contributed by atoms with van der Waals surface area (Å²) >= 11 is 0. The van der Waals surface area contributed by atoms with Gasteiger partial charge in [-0.25, -0.2) is 9.78 Å². The number of aryl methyl sites for hydroxylation is 1. The Bertz CT molecular complexity index is 920. The van der Waals surface area contributed by atoms with Crippen molar-refractivity contribution < 1.29 is 9.53 Å². The van der Waals surface area contributed by atoms with Crippen LogP contribution in [0.2, 0.25) is 0 Å². The second-order valence-corrected chi connectivity index (χ2v) is 6.24. The zero-order valence-electron chi connectivity index (χ0n) is 14.1. The van der Waals surface area contributed by atoms with Gasteiger partial charge in [0.25, 0.3) is 11.5 Å². The number of carbonyl (C=O) groups is 1. The molecule has 3 heterocycles. The highest BCUT2D eigenvalue weighted by Gasteiger charge is 2.27. The normalized spacial score (nSPS) is 21.2. The van der Waals surface area contributed by atoms with Crippen LogP contribution in [-0.4, -0.2) is 50.2 Å². The Labute approximate surface area is 138 Å². The standard InChI is InChI=1S/C16H20N4O4/c1-9-7-20(8-10(2)24-9)15(22)12-6-5-11-13(17-12)18(3)16(23)19(4)14(11)21/h5-6,9-10H,7-8H2,1-4H3/t9-,10-/m1/s1. The van der Waals surface area contributed by atoms with E-state index in [0.29, 0.717) is 18.5 Å². The van der Waals surface area contributed by atoms with Gasteiger partial charge in [-0.3, -0.25) is 18.7 Å². The van der Waals surface area contributed by atoms with Crippen molar-refractivity contribution in [3.05, 3.63) is 38.7 Å². The number of rotatable bonds is 1. The molecule has 1 saturated heterocycles. The van der Waals surface area contributed by atoms with E-state index in [-0.39, 0.29) is 29.5 Å². The van der Waals surface area contributed by atoms with Crippen LogP contribution in [0.15, 0.2) is 21.7 Å². The predicted molar refractivity (Wildman–Crippen MR) is 88.1 cm³/mol. The minimum atomic E-state index is -0.474. The number of nitrogens with zero attached hydrogens (tertiary/aromatic N) is 4. The predicted octanol–water partition coefficient (Wildman–Crippen LogP) is -0.118. The highest BCUT2D eigenvalue weighted by atomic mass is 16.5. The highest BCUT2D eigenvalue weighted by Crippen LogP contribution is 2.15. The lowest BCUT2D eigenvalue weighted by atomic mass is 10.2. The fourth-order valence-electron chi connectivity index (χ4n) is 3.08. The maximum atomic E-state index is 12.7. The van der Waals surface area contributed by atoms with Crippen LogP contribution >= 0.6 is 0 Å². The molecule has 24 heavy (non-hydrogen) atoms. The van der Waals surface area contributed by atoms with E-state index in [4.69, 9.17) is 4.74 Å². The molecule has 0 N–H and O–H groups in total. The van der Waals surface area contributed by atoms with Crippen molar-refractivity contribution in [1.82, 2.24) is 19.0 Å². The molecular weight excluding hydrogens is 312 g/mol. The minimum Gasteiger partial charge on any atom is -0.372 e. The van der Waals surface area contributed by atoms with E-state index in [0.717, 1.165) is 4.57 Å². The third-order valence-electron chi connectivity index (χ3n) is 4.23. The van der Waals surface area contributed by atoms with Gasteiger partial charge in [-0.1, -0.05) is 0 Å². The van der Waals surface area contributed by atoms with Crippen molar-refractivity contribution in [2.45, 2.75) is 26.1 Å². The molecule has 2 atom stereocenters. The number of hydrogen-bond donors (Lipinski definition) is 0. The smallest absolute Gasteiger partial charge is 0.332 e. The molecule has 3 rings (SSSR count). The molecule has 2 aromatic rings. The van der Waals surface area contributed by atoms with Crippen LogP contribution in [0.4, 0.5) is 0 Å². The largest absolute Gasteiger partial charge is 0.372 e. The molecule has 1 aliphatic rings. The third-order valence-corrected chi connectivity index (χ3v) is 4.23. The Morgan fingerprint density at radius 3 is 2.38 bits per heavy atom. The Hall–Kier alpha value is -2.48. The van der Waals surface area contributed by atoms with Crippen molar-refractivity contribution in [1.29, 1.82) is 0 Å². The Morgan fingerprint density at radius 2 is 1.75 bits per heavy atom. The summed E-state index contributed by atoms with van der Waals surface area (Å²) in [6.07, 6.45) is -0.0930. The van der Waals surface area contributed by atoms with Crippen molar-refractivity contribution in [3.8, 4) is 0 Å². The van der Waals surface area contributed by atoms with E-state index >= 15 is 0 Å². The van der Waals surface area contributed by atoms with Gasteiger partial charge in [0.2, 0.25) is 0 Å². The van der Waals surface area contributed by atoms with E-state index in [1.807, 2.05) is 13.8 Å². The minimum absolute atomic E-state index is 0.0465. The number of fused-ring (bicyclic) bond motifs is 1. The molecule has 1 amide bonds. The number of pyridine rings is 1. The highest BCUT2D eigenvalue weighted by molar-refractivity contribution is 5.94. The number of morpholine rings is 1. The van der Waals surface area contributed by atoms with E-state index in [1.165, 1.54) is 24.7 Å². The van der Waals surface area contributed by atoms with Crippen LogP contribution in [0.3, 0.4) is 0 Å². The van der Waals surface area contributed by atoms with Crippen LogP contribution in [0.25, 0.3) is 11.0 Å². The van der Waals surface area contributed by atoms with Gasteiger partial charge in [0.05, 0.1) is 17.6 Å². The summed E-state index contributed by atoms with van der Waals surface area (Å²) in [4.78, 5) is 42.9. The SMILES string of the molecule is C[C@@H]1CN(C(=O)c2ccc3c(=O)n(C)c(=O)n(C)c3n2)C[C@@H](C)O1. The molecule has 8 nitrogen and oxygen atoms in total. The van der Waals surface area contributed by atoms with Crippen molar-refractivity contribution in [2.75, 3.05) is 13.1 Å². The van der Waals surface area contributed by atoms with Crippen LogP contribution in [0.5, 0.6) is 0 Å². The molecule has 0 unspecified atom stereocenters. The molecule has 0 radical (unpaired) electrons. The van der Waals surface area contributed by atoms with Gasteiger partial charge < -0.3 is 9.64 Å². The first-order valence-electron chi connectivity index (χ1n) is 7.81. The molecule has 1 aliphatic heterocycles. The van der Waals surface area contributed by atoms with E-state index in [2.05, 4.69) is 4.98 Å². The first kappa shape index (κ1) is 16.4. The molecule has 0 aromatic carbocycles. The van der Waals surface area contributed by atoms with Crippen LogP contribution in [0, 0.1) is 0 Å². The second-order valence-electron chi connectivity index (χ2n) is 6.24. The maximum Gasteiger partial charge on any atom is 0.332 e. The first-order valence-corrected chi connectivity index (χ1v) is 7.81. The number of amides is 1. The lowest BCUT2D eigenvalue weighted by Crippen LogP contribution is -2.48. The summed E-state index contributed by atoms with van der Waals surface area (Å²) in [5.41, 5.74) is -0.471. The molecule has 128 valence electrons. The molecule has 0 saturated carbocycles. The van der Waals surface area contributed by atoms with E-state index in [1.54, 1.807) is 11.0 Å². The zero-order valence-corrected chi connectivity index (χ0v) is 14.1. The number of ether oxygens (including phenoxy) is 1. The zero-order chi connectivity index (χ0) is 17.6. The summed E-state index contributed by atoms with van der Waals surface area (Å²) in [6.45, 7) is 4.80. The van der Waals surface area contributed by atoms with Gasteiger partial charge in [0, 0.05) is 27.2 Å². The molecule has 2 aromatic heterocycles. The number of hydrogen-bond acceptors (Lipinski definition) is 5. The summed E-state index contributed by atoms with van der Waals surface area (Å²) in [5.74, 6) is -0.230. The van der Waals surface area contributed by atoms with Gasteiger partial charge in [-0.15, -0.1) is 0 Å². The Balaban J connectivity index is 2.07. The second kappa shape index (κ2) is 5.86. The maximum absolute atomic E-state index is 12.7. The lowest BCUT2D eigenvalue weighted by molar-refractivity contribution is -0.0587. The van der Waals surface area contributed by atoms with Gasteiger partial charge in [0.15, 0.2) is 0 Å². The fourth-order valence-corrected chi connectivity index (χ4v) is 3.08. The lowest BCUT2D eigenvalue weighted by Gasteiger charge is -2.35. The average Bonchev–Trinajstić information content (AvgIpc) is 2.56. The Kier molecular flexibility index (Phi) is 4.00. The first-order chi connectivity index (χ1) is 11.3. The quantitative estimate of drug-likeness (QED) is 0.727. The van der Waals surface area contributed by atoms with Crippen molar-refractivity contribution in [2.24, 2.45) is 14.1 Å². The summed E-state index contributed by atoms with van der Waals surface area (Å²) in [6, 6.07) is 3.08. The van der Waals surface area contributed by atoms with Crippen LogP contribution < -0.4 is 11.2 Å². The summed E-state index contributed by atoms with van der Waals surface area (Å²) in [5, 5.41) is 0.305. The van der Waals surface area contributed by atoms with Crippen LogP contribution in [0.1, 0.15) is 24.3 Å². The monoisotopic (exact) mass is 332 g/mol. The third kappa shape index (κ3) is 2.62. The van der Waals surface area contributed by atoms with Gasteiger partial charge in [-0.05, 0) is 26.0 Å². The van der Waals surface area contributed by atoms with E-state index < -0.39 is 11.2 Å². The van der Waals surface area contributed by atoms with Crippen molar-refractivity contribution in [3.63, 3.8) is 0 Å². The molecule has 0 spiro atoms. The van der Waals surface area contributed by atoms with Gasteiger partial charge >= 0.3 is 5.69 Å². The topological polar surface area (TPSA) is 86.4 Å². The van der Waals surface area contributed by atoms with Gasteiger partial charge in [-0.2, -0.15) is 0 Å². The number of carbonyl (C=O) groups excluding carboxylic acids is 1. The van der Waals surface area contributed by atoms with Gasteiger partial charge in [0.1, 0.15) is 11.3 Å². The molecule has 8 heteroatoms. The molecule has 1 fully saturated rings. The average molecular weight is 332 g/mol. The van der Waals surface area contributed by atoms with Crippen molar-refractivity contribution >= 4 is 16.9 Å². The summed E-state index contributed by atoms with van der Waals surface area (Å²) in [7, 11) is 2.95. The molecule has 0 bridgehead atoms. The Morgan fingerprint density at radius 1 is 1.12 bits per heavy atom. The van der Waals surface area contributed by atoms with Crippen LogP contribution in [-0.2, 0) is 18.8 Å². The summed E-state index contributed by atoms with van der Waals surface area (Å²) < 4.78 is 7.93. The number of aromatic nitrogens is 3. The molecule has 0 aliphatic carbocycles. The van der Waals surface area contributed by atoms with E-state index in [9.17, 15) is 14.4 Å².